The van der Waals surface area contributed by atoms with Crippen LogP contribution in [0.2, 0.25) is 5.02 Å². The molecule has 23 heavy (non-hydrogen) atoms. The molecule has 1 unspecified atom stereocenters. The number of nitrogens with zero attached hydrogens (tertiary/aromatic N) is 1. The fourth-order valence-corrected chi connectivity index (χ4v) is 4.12. The summed E-state index contributed by atoms with van der Waals surface area (Å²) in [6.07, 6.45) is 2.87. The minimum absolute atomic E-state index is 0.0491. The molecule has 0 saturated carbocycles. The van der Waals surface area contributed by atoms with Crippen LogP contribution in [0.4, 0.5) is 0 Å². The Balaban J connectivity index is 1.59. The van der Waals surface area contributed by atoms with E-state index >= 15 is 0 Å². The number of halogens is 1. The van der Waals surface area contributed by atoms with Crippen LogP contribution < -0.4 is 5.32 Å². The van der Waals surface area contributed by atoms with Gasteiger partial charge < -0.3 is 5.32 Å². The van der Waals surface area contributed by atoms with E-state index in [2.05, 4.69) is 27.7 Å². The standard InChI is InChI=1S/C18H21ClN2OS/c19-15-6-3-5-14(11-15)12-18(22)20-13-16(17-7-4-10-23-17)21-8-1-2-9-21/h3-7,10-11,16H,1-2,8-9,12-13H2,(H,20,22). The quantitative estimate of drug-likeness (QED) is 0.858. The monoisotopic (exact) mass is 348 g/mol. The lowest BCUT2D eigenvalue weighted by atomic mass is 10.1. The fraction of sp³-hybridized carbons (Fsp3) is 0.389. The lowest BCUT2D eigenvalue weighted by Gasteiger charge is -2.27. The third-order valence-corrected chi connectivity index (χ3v) is 5.41. The van der Waals surface area contributed by atoms with E-state index in [4.69, 9.17) is 11.6 Å². The number of hydrogen-bond donors (Lipinski definition) is 1. The van der Waals surface area contributed by atoms with Crippen molar-refractivity contribution in [2.24, 2.45) is 0 Å². The number of amides is 1. The van der Waals surface area contributed by atoms with Crippen molar-refractivity contribution < 1.29 is 4.79 Å². The van der Waals surface area contributed by atoms with Crippen molar-refractivity contribution in [3.63, 3.8) is 0 Å². The van der Waals surface area contributed by atoms with E-state index < -0.39 is 0 Å². The van der Waals surface area contributed by atoms with Gasteiger partial charge >= 0.3 is 0 Å². The zero-order chi connectivity index (χ0) is 16.1. The molecule has 1 aliphatic rings. The second-order valence-electron chi connectivity index (χ2n) is 5.89. The van der Waals surface area contributed by atoms with Crippen molar-refractivity contribution in [3.8, 4) is 0 Å². The Hall–Kier alpha value is -1.36. The number of carbonyl (C=O) groups excluding carboxylic acids is 1. The van der Waals surface area contributed by atoms with Crippen molar-refractivity contribution in [2.75, 3.05) is 19.6 Å². The first-order valence-corrected chi connectivity index (χ1v) is 9.27. The Bertz CT molecular complexity index is 638. The average Bonchev–Trinajstić information content (AvgIpc) is 3.21. The van der Waals surface area contributed by atoms with E-state index in [0.717, 1.165) is 18.7 Å². The minimum Gasteiger partial charge on any atom is -0.354 e. The normalized spacial score (nSPS) is 16.4. The predicted molar refractivity (Wildman–Crippen MR) is 96.0 cm³/mol. The molecule has 0 radical (unpaired) electrons. The van der Waals surface area contributed by atoms with Crippen molar-refractivity contribution in [2.45, 2.75) is 25.3 Å². The van der Waals surface area contributed by atoms with Gasteiger partial charge in [0.2, 0.25) is 5.91 Å². The molecule has 1 amide bonds. The number of thiophene rings is 1. The number of rotatable bonds is 6. The molecule has 1 saturated heterocycles. The van der Waals surface area contributed by atoms with Gasteiger partial charge in [0.25, 0.3) is 0 Å². The third kappa shape index (κ3) is 4.56. The van der Waals surface area contributed by atoms with E-state index in [0.29, 0.717) is 24.0 Å². The molecular formula is C18H21ClN2OS. The van der Waals surface area contributed by atoms with E-state index in [9.17, 15) is 4.79 Å². The molecular weight excluding hydrogens is 328 g/mol. The number of nitrogens with one attached hydrogen (secondary N) is 1. The summed E-state index contributed by atoms with van der Waals surface area (Å²) in [5, 5.41) is 5.87. The van der Waals surface area contributed by atoms with Crippen LogP contribution in [0.1, 0.15) is 29.3 Å². The van der Waals surface area contributed by atoms with Crippen LogP contribution in [-0.4, -0.2) is 30.4 Å². The van der Waals surface area contributed by atoms with Gasteiger partial charge in [-0.3, -0.25) is 9.69 Å². The van der Waals surface area contributed by atoms with Crippen LogP contribution in [0, 0.1) is 0 Å². The topological polar surface area (TPSA) is 32.3 Å². The fourth-order valence-electron chi connectivity index (χ4n) is 3.05. The highest BCUT2D eigenvalue weighted by Gasteiger charge is 2.24. The smallest absolute Gasteiger partial charge is 0.224 e. The zero-order valence-electron chi connectivity index (χ0n) is 13.0. The lowest BCUT2D eigenvalue weighted by Crippen LogP contribution is -2.37. The molecule has 1 aliphatic heterocycles. The molecule has 122 valence electrons. The molecule has 2 heterocycles. The van der Waals surface area contributed by atoms with Gasteiger partial charge in [0.15, 0.2) is 0 Å². The molecule has 0 bridgehead atoms. The molecule has 1 aromatic heterocycles. The summed E-state index contributed by atoms with van der Waals surface area (Å²) < 4.78 is 0. The number of likely N-dealkylation sites (tertiary alicyclic amines) is 1. The summed E-state index contributed by atoms with van der Waals surface area (Å²) in [6.45, 7) is 2.90. The first-order valence-electron chi connectivity index (χ1n) is 8.01. The van der Waals surface area contributed by atoms with Gasteiger partial charge in [-0.1, -0.05) is 29.8 Å². The van der Waals surface area contributed by atoms with Crippen molar-refractivity contribution >= 4 is 28.8 Å². The third-order valence-electron chi connectivity index (χ3n) is 4.20. The van der Waals surface area contributed by atoms with Crippen LogP contribution in [-0.2, 0) is 11.2 Å². The Morgan fingerprint density at radius 3 is 2.78 bits per heavy atom. The maximum absolute atomic E-state index is 12.2. The van der Waals surface area contributed by atoms with E-state index in [1.165, 1.54) is 17.7 Å². The Kier molecular flexibility index (Phi) is 5.70. The van der Waals surface area contributed by atoms with E-state index in [-0.39, 0.29) is 5.91 Å². The average molecular weight is 349 g/mol. The molecule has 3 nitrogen and oxygen atoms in total. The Labute approximate surface area is 146 Å². The molecule has 0 aliphatic carbocycles. The molecule has 3 rings (SSSR count). The summed E-state index contributed by atoms with van der Waals surface area (Å²) in [5.74, 6) is 0.0491. The molecule has 0 spiro atoms. The highest BCUT2D eigenvalue weighted by molar-refractivity contribution is 7.10. The van der Waals surface area contributed by atoms with Crippen LogP contribution >= 0.6 is 22.9 Å². The zero-order valence-corrected chi connectivity index (χ0v) is 14.6. The first-order chi connectivity index (χ1) is 11.2. The molecule has 1 fully saturated rings. The molecule has 1 atom stereocenters. The van der Waals surface area contributed by atoms with Crippen molar-refractivity contribution in [3.05, 3.63) is 57.2 Å². The van der Waals surface area contributed by atoms with Gasteiger partial charge in [-0.15, -0.1) is 11.3 Å². The predicted octanol–water partition coefficient (Wildman–Crippen LogP) is 3.90. The largest absolute Gasteiger partial charge is 0.354 e. The summed E-state index contributed by atoms with van der Waals surface area (Å²) in [6, 6.07) is 12.0. The van der Waals surface area contributed by atoms with Gasteiger partial charge in [0.05, 0.1) is 12.5 Å². The minimum atomic E-state index is 0.0491. The highest BCUT2D eigenvalue weighted by atomic mass is 35.5. The summed E-state index contributed by atoms with van der Waals surface area (Å²) in [5.41, 5.74) is 0.948. The second kappa shape index (κ2) is 7.95. The molecule has 1 aromatic carbocycles. The lowest BCUT2D eigenvalue weighted by molar-refractivity contribution is -0.120. The van der Waals surface area contributed by atoms with E-state index in [1.54, 1.807) is 11.3 Å². The SMILES string of the molecule is O=C(Cc1cccc(Cl)c1)NCC(c1cccs1)N1CCCC1. The van der Waals surface area contributed by atoms with Crippen molar-refractivity contribution in [1.29, 1.82) is 0 Å². The van der Waals surface area contributed by atoms with Gasteiger partial charge in [-0.05, 0) is 55.1 Å². The number of benzene rings is 1. The first kappa shape index (κ1) is 16.5. The van der Waals surface area contributed by atoms with Crippen LogP contribution in [0.15, 0.2) is 41.8 Å². The van der Waals surface area contributed by atoms with Gasteiger partial charge in [0, 0.05) is 16.4 Å². The Morgan fingerprint density at radius 2 is 2.09 bits per heavy atom. The number of carbonyl (C=O) groups is 1. The molecule has 1 N–H and O–H groups in total. The highest BCUT2D eigenvalue weighted by Crippen LogP contribution is 2.27. The van der Waals surface area contributed by atoms with Gasteiger partial charge in [-0.25, -0.2) is 0 Å². The summed E-state index contributed by atoms with van der Waals surface area (Å²) in [4.78, 5) is 16.0. The number of hydrogen-bond acceptors (Lipinski definition) is 3. The van der Waals surface area contributed by atoms with Crippen molar-refractivity contribution in [1.82, 2.24) is 10.2 Å². The second-order valence-corrected chi connectivity index (χ2v) is 7.30. The maximum atomic E-state index is 12.2. The van der Waals surface area contributed by atoms with Crippen LogP contribution in [0.3, 0.4) is 0 Å². The molecule has 2 aromatic rings. The van der Waals surface area contributed by atoms with Crippen LogP contribution in [0.5, 0.6) is 0 Å². The summed E-state index contributed by atoms with van der Waals surface area (Å²) in [7, 11) is 0. The van der Waals surface area contributed by atoms with E-state index in [1.807, 2.05) is 24.3 Å². The maximum Gasteiger partial charge on any atom is 0.224 e. The van der Waals surface area contributed by atoms with Gasteiger partial charge in [0.1, 0.15) is 0 Å². The van der Waals surface area contributed by atoms with Crippen LogP contribution in [0.25, 0.3) is 0 Å². The van der Waals surface area contributed by atoms with Gasteiger partial charge in [-0.2, -0.15) is 0 Å². The Morgan fingerprint density at radius 1 is 1.26 bits per heavy atom. The molecule has 5 heteroatoms. The summed E-state index contributed by atoms with van der Waals surface area (Å²) >= 11 is 7.74.